The van der Waals surface area contributed by atoms with Crippen LogP contribution in [0.5, 0.6) is 5.75 Å². The molecule has 28 heavy (non-hydrogen) atoms. The summed E-state index contributed by atoms with van der Waals surface area (Å²) in [5, 5.41) is 10.5. The molecule has 0 bridgehead atoms. The van der Waals surface area contributed by atoms with E-state index in [1.807, 2.05) is 13.0 Å². The third-order valence-electron chi connectivity index (χ3n) is 5.68. The first-order valence-electron chi connectivity index (χ1n) is 9.44. The molecule has 4 nitrogen and oxygen atoms in total. The predicted octanol–water partition coefficient (Wildman–Crippen LogP) is 5.67. The van der Waals surface area contributed by atoms with E-state index in [9.17, 15) is 9.90 Å². The van der Waals surface area contributed by atoms with Crippen LogP contribution in [0.15, 0.2) is 46.9 Å². The summed E-state index contributed by atoms with van der Waals surface area (Å²) in [5.41, 5.74) is 4.74. The van der Waals surface area contributed by atoms with Gasteiger partial charge in [-0.2, -0.15) is 0 Å². The average molecular weight is 444 g/mol. The van der Waals surface area contributed by atoms with Crippen LogP contribution in [0.25, 0.3) is 10.9 Å². The number of aliphatic carboxylic acids is 1. The van der Waals surface area contributed by atoms with Gasteiger partial charge in [-0.3, -0.25) is 4.79 Å². The molecule has 0 aliphatic rings. The van der Waals surface area contributed by atoms with Gasteiger partial charge in [0.05, 0.1) is 13.0 Å². The summed E-state index contributed by atoms with van der Waals surface area (Å²) in [4.78, 5) is 11.4. The van der Waals surface area contributed by atoms with E-state index in [4.69, 9.17) is 4.74 Å². The Morgan fingerprint density at radius 3 is 2.46 bits per heavy atom. The minimum absolute atomic E-state index is 0.0362. The molecule has 0 aliphatic carbocycles. The van der Waals surface area contributed by atoms with Crippen molar-refractivity contribution in [2.24, 2.45) is 11.8 Å². The van der Waals surface area contributed by atoms with Crippen molar-refractivity contribution in [3.63, 3.8) is 0 Å². The summed E-state index contributed by atoms with van der Waals surface area (Å²) in [6.07, 6.45) is 0.719. The number of carboxylic acids is 1. The van der Waals surface area contributed by atoms with Crippen LogP contribution in [0.3, 0.4) is 0 Å². The Labute approximate surface area is 174 Å². The molecular formula is C23H26BrNO3. The maximum atomic E-state index is 11.4. The van der Waals surface area contributed by atoms with E-state index < -0.39 is 11.9 Å². The molecule has 1 aromatic heterocycles. The fourth-order valence-electron chi connectivity index (χ4n) is 3.63. The molecule has 0 amide bonds. The molecule has 0 radical (unpaired) electrons. The van der Waals surface area contributed by atoms with Gasteiger partial charge in [-0.25, -0.2) is 0 Å². The number of benzene rings is 2. The van der Waals surface area contributed by atoms with Crippen LogP contribution in [-0.2, 0) is 17.8 Å². The fraction of sp³-hybridized carbons (Fsp3) is 0.348. The molecule has 1 N–H and O–H groups in total. The molecule has 5 heteroatoms. The molecule has 0 spiro atoms. The van der Waals surface area contributed by atoms with E-state index in [1.165, 1.54) is 16.8 Å². The topological polar surface area (TPSA) is 51.5 Å². The lowest BCUT2D eigenvalue weighted by Crippen LogP contribution is -2.20. The molecule has 3 rings (SSSR count). The number of fused-ring (bicyclic) bond motifs is 1. The number of carboxylic acid groups (broad SMARTS) is 1. The van der Waals surface area contributed by atoms with E-state index in [2.05, 4.69) is 63.8 Å². The third-order valence-corrected chi connectivity index (χ3v) is 6.21. The first-order chi connectivity index (χ1) is 13.3. The average Bonchev–Trinajstić information content (AvgIpc) is 2.93. The Kier molecular flexibility index (Phi) is 6.14. The van der Waals surface area contributed by atoms with Crippen molar-refractivity contribution < 1.29 is 14.6 Å². The van der Waals surface area contributed by atoms with Crippen molar-refractivity contribution in [2.45, 2.75) is 33.7 Å². The Morgan fingerprint density at radius 1 is 1.18 bits per heavy atom. The van der Waals surface area contributed by atoms with Crippen LogP contribution in [0.4, 0.5) is 0 Å². The number of methoxy groups -OCH3 is 1. The number of halogens is 1. The second-order valence-electron chi connectivity index (χ2n) is 7.47. The van der Waals surface area contributed by atoms with E-state index in [1.54, 1.807) is 14.0 Å². The summed E-state index contributed by atoms with van der Waals surface area (Å²) in [5.74, 6) is -0.293. The van der Waals surface area contributed by atoms with E-state index in [-0.39, 0.29) is 5.92 Å². The highest BCUT2D eigenvalue weighted by Crippen LogP contribution is 2.33. The first kappa shape index (κ1) is 20.5. The Hall–Kier alpha value is -2.27. The van der Waals surface area contributed by atoms with Gasteiger partial charge in [0.2, 0.25) is 0 Å². The quantitative estimate of drug-likeness (QED) is 0.511. The molecule has 2 atom stereocenters. The number of nitrogens with zero attached hydrogens (tertiary/aromatic N) is 1. The van der Waals surface area contributed by atoms with Crippen molar-refractivity contribution in [3.05, 3.63) is 63.8 Å². The van der Waals surface area contributed by atoms with Crippen LogP contribution in [0, 0.1) is 18.8 Å². The maximum Gasteiger partial charge on any atom is 0.306 e. The van der Waals surface area contributed by atoms with Gasteiger partial charge in [-0.05, 0) is 60.7 Å². The minimum atomic E-state index is -0.749. The molecule has 0 unspecified atom stereocenters. The highest BCUT2D eigenvalue weighted by atomic mass is 79.9. The molecule has 1 heterocycles. The van der Waals surface area contributed by atoms with Crippen LogP contribution < -0.4 is 4.74 Å². The lowest BCUT2D eigenvalue weighted by Gasteiger charge is -2.16. The molecule has 0 saturated carbocycles. The standard InChI is InChI=1S/C23H26BrNO3/c1-14(15(2)23(26)27)11-20-16(3)25(13-17-5-7-18(24)8-6-17)22-10-9-19(28-4)12-21(20)22/h5-10,12,14-15H,11,13H2,1-4H3,(H,26,27)/t14-,15+/m1/s1. The van der Waals surface area contributed by atoms with Gasteiger partial charge < -0.3 is 14.4 Å². The lowest BCUT2D eigenvalue weighted by molar-refractivity contribution is -0.142. The number of carbonyl (C=O) groups is 1. The van der Waals surface area contributed by atoms with E-state index in [0.717, 1.165) is 34.1 Å². The van der Waals surface area contributed by atoms with Gasteiger partial charge in [0.15, 0.2) is 0 Å². The van der Waals surface area contributed by atoms with Gasteiger partial charge >= 0.3 is 5.97 Å². The van der Waals surface area contributed by atoms with Crippen molar-refractivity contribution in [2.75, 3.05) is 7.11 Å². The summed E-state index contributed by atoms with van der Waals surface area (Å²) >= 11 is 3.49. The molecule has 0 aliphatic heterocycles. The summed E-state index contributed by atoms with van der Waals surface area (Å²) in [7, 11) is 1.67. The largest absolute Gasteiger partial charge is 0.497 e. The van der Waals surface area contributed by atoms with Gasteiger partial charge in [-0.1, -0.05) is 41.9 Å². The zero-order valence-corrected chi connectivity index (χ0v) is 18.3. The van der Waals surface area contributed by atoms with Crippen molar-refractivity contribution >= 4 is 32.8 Å². The van der Waals surface area contributed by atoms with Crippen molar-refractivity contribution in [1.82, 2.24) is 4.57 Å². The summed E-state index contributed by atoms with van der Waals surface area (Å²) in [6.45, 7) is 6.68. The Bertz CT molecular complexity index is 991. The normalized spacial score (nSPS) is 13.5. The molecule has 3 aromatic rings. The lowest BCUT2D eigenvalue weighted by atomic mass is 9.89. The van der Waals surface area contributed by atoms with Gasteiger partial charge in [0.1, 0.15) is 5.75 Å². The summed E-state index contributed by atoms with van der Waals surface area (Å²) in [6, 6.07) is 14.5. The summed E-state index contributed by atoms with van der Waals surface area (Å²) < 4.78 is 8.81. The number of ether oxygens (including phenoxy) is 1. The maximum absolute atomic E-state index is 11.4. The molecule has 148 valence electrons. The molecule has 2 aromatic carbocycles. The highest BCUT2D eigenvalue weighted by molar-refractivity contribution is 9.10. The third kappa shape index (κ3) is 4.09. The van der Waals surface area contributed by atoms with Gasteiger partial charge in [0, 0.05) is 27.6 Å². The van der Waals surface area contributed by atoms with E-state index in [0.29, 0.717) is 0 Å². The fourth-order valence-corrected chi connectivity index (χ4v) is 3.90. The van der Waals surface area contributed by atoms with Gasteiger partial charge in [-0.15, -0.1) is 0 Å². The zero-order valence-electron chi connectivity index (χ0n) is 16.7. The number of hydrogen-bond acceptors (Lipinski definition) is 2. The predicted molar refractivity (Wildman–Crippen MR) is 116 cm³/mol. The molecule has 0 fully saturated rings. The monoisotopic (exact) mass is 443 g/mol. The van der Waals surface area contributed by atoms with Crippen LogP contribution in [0.2, 0.25) is 0 Å². The van der Waals surface area contributed by atoms with Crippen LogP contribution in [-0.4, -0.2) is 22.8 Å². The second kappa shape index (κ2) is 8.39. The molecule has 0 saturated heterocycles. The molecular weight excluding hydrogens is 418 g/mol. The Morgan fingerprint density at radius 2 is 1.86 bits per heavy atom. The number of hydrogen-bond donors (Lipinski definition) is 1. The SMILES string of the molecule is COc1ccc2c(c1)c(C[C@@H](C)[C@H](C)C(=O)O)c(C)n2Cc1ccc(Br)cc1. The zero-order chi connectivity index (χ0) is 20.4. The van der Waals surface area contributed by atoms with Crippen LogP contribution >= 0.6 is 15.9 Å². The minimum Gasteiger partial charge on any atom is -0.497 e. The second-order valence-corrected chi connectivity index (χ2v) is 8.38. The first-order valence-corrected chi connectivity index (χ1v) is 10.2. The van der Waals surface area contributed by atoms with Gasteiger partial charge in [0.25, 0.3) is 0 Å². The van der Waals surface area contributed by atoms with Crippen molar-refractivity contribution in [1.29, 1.82) is 0 Å². The van der Waals surface area contributed by atoms with E-state index >= 15 is 0 Å². The highest BCUT2D eigenvalue weighted by Gasteiger charge is 2.23. The number of aromatic nitrogens is 1. The van der Waals surface area contributed by atoms with Crippen LogP contribution in [0.1, 0.15) is 30.7 Å². The van der Waals surface area contributed by atoms with Crippen molar-refractivity contribution in [3.8, 4) is 5.75 Å². The Balaban J connectivity index is 2.07. The number of rotatable bonds is 7. The smallest absolute Gasteiger partial charge is 0.306 e.